The first kappa shape index (κ1) is 22.8. The van der Waals surface area contributed by atoms with E-state index in [0.29, 0.717) is 18.3 Å². The summed E-state index contributed by atoms with van der Waals surface area (Å²) in [7, 11) is 0. The van der Waals surface area contributed by atoms with Gasteiger partial charge in [0.15, 0.2) is 0 Å². The third-order valence-electron chi connectivity index (χ3n) is 7.36. The third kappa shape index (κ3) is 5.25. The van der Waals surface area contributed by atoms with Gasteiger partial charge < -0.3 is 15.2 Å². The molecule has 0 radical (unpaired) electrons. The highest BCUT2D eigenvalue weighted by Gasteiger charge is 2.26. The molecule has 1 saturated carbocycles. The van der Waals surface area contributed by atoms with E-state index in [1.807, 2.05) is 30.5 Å². The van der Waals surface area contributed by atoms with Crippen LogP contribution in [0.2, 0.25) is 0 Å². The lowest BCUT2D eigenvalue weighted by Gasteiger charge is -2.34. The molecule has 1 aliphatic carbocycles. The Hall–Kier alpha value is -2.93. The summed E-state index contributed by atoms with van der Waals surface area (Å²) in [4.78, 5) is 25.2. The molecule has 1 atom stereocenters. The fourth-order valence-corrected chi connectivity index (χ4v) is 5.55. The minimum Gasteiger partial charge on any atom is -0.361 e. The average molecular weight is 464 g/mol. The molecule has 180 valence electrons. The van der Waals surface area contributed by atoms with Gasteiger partial charge in [-0.15, -0.1) is 0 Å². The van der Waals surface area contributed by atoms with Gasteiger partial charge in [-0.05, 0) is 74.0 Å². The minimum absolute atomic E-state index is 0.0437. The maximum absolute atomic E-state index is 13.6. The zero-order valence-corrected chi connectivity index (χ0v) is 19.7. The molecule has 2 fully saturated rings. The summed E-state index contributed by atoms with van der Waals surface area (Å²) >= 11 is 0. The zero-order valence-electron chi connectivity index (χ0n) is 19.7. The van der Waals surface area contributed by atoms with Crippen molar-refractivity contribution in [1.82, 2.24) is 20.2 Å². The summed E-state index contributed by atoms with van der Waals surface area (Å²) in [6.07, 6.45) is 11.8. The maximum atomic E-state index is 13.6. The molecule has 1 saturated heterocycles. The van der Waals surface area contributed by atoms with E-state index in [9.17, 15) is 9.18 Å². The van der Waals surface area contributed by atoms with Crippen LogP contribution in [0.15, 0.2) is 48.8 Å². The van der Waals surface area contributed by atoms with Gasteiger partial charge in [-0.3, -0.25) is 4.90 Å². The number of urea groups is 1. The van der Waals surface area contributed by atoms with E-state index >= 15 is 0 Å². The van der Waals surface area contributed by atoms with Crippen molar-refractivity contribution in [3.05, 3.63) is 60.2 Å². The number of halogens is 1. The van der Waals surface area contributed by atoms with Crippen LogP contribution in [-0.4, -0.2) is 53.1 Å². The number of hydrogen-bond acceptors (Lipinski definition) is 3. The van der Waals surface area contributed by atoms with E-state index in [4.69, 9.17) is 0 Å². The lowest BCUT2D eigenvalue weighted by molar-refractivity contribution is 0.209. The Bertz CT molecular complexity index is 1090. The van der Waals surface area contributed by atoms with Crippen LogP contribution in [0, 0.1) is 5.82 Å². The number of carbonyl (C=O) groups excluding carboxylic acids is 1. The quantitative estimate of drug-likeness (QED) is 0.512. The molecule has 1 aliphatic heterocycles. The Morgan fingerprint density at radius 3 is 2.85 bits per heavy atom. The molecule has 0 bridgehead atoms. The number of fused-ring (bicyclic) bond motifs is 1. The molecule has 3 heterocycles. The summed E-state index contributed by atoms with van der Waals surface area (Å²) < 4.78 is 13.6. The molecule has 2 aliphatic rings. The van der Waals surface area contributed by atoms with E-state index in [2.05, 4.69) is 20.2 Å². The number of anilines is 1. The Kier molecular flexibility index (Phi) is 7.09. The highest BCUT2D eigenvalue weighted by molar-refractivity contribution is 5.91. The van der Waals surface area contributed by atoms with Crippen LogP contribution >= 0.6 is 0 Å². The second-order valence-corrected chi connectivity index (χ2v) is 9.70. The number of H-pyrrole nitrogens is 1. The number of aromatic amines is 1. The highest BCUT2D eigenvalue weighted by atomic mass is 19.1. The number of aromatic nitrogens is 2. The first-order chi connectivity index (χ1) is 16.7. The summed E-state index contributed by atoms with van der Waals surface area (Å²) in [5, 5.41) is 4.36. The van der Waals surface area contributed by atoms with Crippen LogP contribution < -0.4 is 10.2 Å². The minimum atomic E-state index is -0.215. The molecule has 2 aromatic heterocycles. The number of rotatable bonds is 6. The number of pyridine rings is 1. The molecule has 0 spiro atoms. The van der Waals surface area contributed by atoms with Crippen LogP contribution in [0.4, 0.5) is 15.0 Å². The Balaban J connectivity index is 1.25. The van der Waals surface area contributed by atoms with Crippen molar-refractivity contribution in [2.45, 2.75) is 56.9 Å². The van der Waals surface area contributed by atoms with Crippen LogP contribution in [0.1, 0.15) is 56.4 Å². The summed E-state index contributed by atoms with van der Waals surface area (Å²) in [6, 6.07) is 10.9. The maximum Gasteiger partial charge on any atom is 0.323 e. The van der Waals surface area contributed by atoms with E-state index in [-0.39, 0.29) is 17.9 Å². The monoisotopic (exact) mass is 463 g/mol. The number of benzene rings is 1. The van der Waals surface area contributed by atoms with Crippen molar-refractivity contribution in [3.8, 4) is 0 Å². The Morgan fingerprint density at radius 1 is 1.15 bits per heavy atom. The van der Waals surface area contributed by atoms with Crippen LogP contribution in [0.3, 0.4) is 0 Å². The topological polar surface area (TPSA) is 64.3 Å². The van der Waals surface area contributed by atoms with Crippen LogP contribution in [-0.2, 0) is 0 Å². The summed E-state index contributed by atoms with van der Waals surface area (Å²) in [6.45, 7) is 3.35. The largest absolute Gasteiger partial charge is 0.361 e. The van der Waals surface area contributed by atoms with Crippen molar-refractivity contribution in [3.63, 3.8) is 0 Å². The van der Waals surface area contributed by atoms with Crippen molar-refractivity contribution < 1.29 is 9.18 Å². The SMILES string of the molecule is O=C(NC1CCCCC1)N(CCN1CCCC(c2c[nH]c3cc(F)ccc23)C1)c1ccccn1. The second kappa shape index (κ2) is 10.6. The van der Waals surface area contributed by atoms with Crippen molar-refractivity contribution in [1.29, 1.82) is 0 Å². The number of hydrogen-bond donors (Lipinski definition) is 2. The molecular formula is C27H34FN5O. The summed E-state index contributed by atoms with van der Waals surface area (Å²) in [5.74, 6) is 0.877. The van der Waals surface area contributed by atoms with Crippen LogP contribution in [0.25, 0.3) is 10.9 Å². The van der Waals surface area contributed by atoms with E-state index < -0.39 is 0 Å². The Morgan fingerprint density at radius 2 is 2.03 bits per heavy atom. The second-order valence-electron chi connectivity index (χ2n) is 9.70. The lowest BCUT2D eigenvalue weighted by Crippen LogP contribution is -2.49. The van der Waals surface area contributed by atoms with Gasteiger partial charge >= 0.3 is 6.03 Å². The standard InChI is InChI=1S/C27H34FN5O/c28-21-11-12-23-24(18-30-25(23)17-21)20-7-6-14-32(19-20)15-16-33(26-10-4-5-13-29-26)27(34)31-22-8-2-1-3-9-22/h4-5,10-13,17-18,20,22,30H,1-3,6-9,14-16,19H2,(H,31,34). The number of amides is 2. The molecule has 2 amide bonds. The van der Waals surface area contributed by atoms with E-state index in [1.54, 1.807) is 17.2 Å². The first-order valence-corrected chi connectivity index (χ1v) is 12.7. The van der Waals surface area contributed by atoms with Crippen molar-refractivity contribution >= 4 is 22.8 Å². The fraction of sp³-hybridized carbons (Fsp3) is 0.481. The number of nitrogens with zero attached hydrogens (tertiary/aromatic N) is 3. The first-order valence-electron chi connectivity index (χ1n) is 12.7. The lowest BCUT2D eigenvalue weighted by atomic mass is 9.90. The molecule has 1 unspecified atom stereocenters. The van der Waals surface area contributed by atoms with E-state index in [1.165, 1.54) is 30.9 Å². The average Bonchev–Trinajstić information content (AvgIpc) is 3.29. The normalized spacial score (nSPS) is 19.9. The number of piperidine rings is 1. The zero-order chi connectivity index (χ0) is 23.3. The third-order valence-corrected chi connectivity index (χ3v) is 7.36. The van der Waals surface area contributed by atoms with Gasteiger partial charge in [0.2, 0.25) is 0 Å². The number of nitrogens with one attached hydrogen (secondary N) is 2. The number of likely N-dealkylation sites (tertiary alicyclic amines) is 1. The van der Waals surface area contributed by atoms with E-state index in [0.717, 1.165) is 56.2 Å². The predicted octanol–water partition coefficient (Wildman–Crippen LogP) is 5.43. The molecule has 1 aromatic carbocycles. The molecule has 3 aromatic rings. The predicted molar refractivity (Wildman–Crippen MR) is 134 cm³/mol. The van der Waals surface area contributed by atoms with Crippen molar-refractivity contribution in [2.75, 3.05) is 31.1 Å². The van der Waals surface area contributed by atoms with Gasteiger partial charge in [-0.25, -0.2) is 14.2 Å². The van der Waals surface area contributed by atoms with Gasteiger partial charge in [0, 0.05) is 49.0 Å². The molecule has 6 nitrogen and oxygen atoms in total. The van der Waals surface area contributed by atoms with Gasteiger partial charge in [0.25, 0.3) is 0 Å². The molecule has 2 N–H and O–H groups in total. The highest BCUT2D eigenvalue weighted by Crippen LogP contribution is 2.32. The summed E-state index contributed by atoms with van der Waals surface area (Å²) in [5.41, 5.74) is 2.11. The molecule has 34 heavy (non-hydrogen) atoms. The van der Waals surface area contributed by atoms with Crippen LogP contribution in [0.5, 0.6) is 0 Å². The van der Waals surface area contributed by atoms with Gasteiger partial charge in [-0.1, -0.05) is 25.3 Å². The molecular weight excluding hydrogens is 429 g/mol. The fourth-order valence-electron chi connectivity index (χ4n) is 5.55. The molecule has 7 heteroatoms. The van der Waals surface area contributed by atoms with Gasteiger partial charge in [0.05, 0.1) is 0 Å². The van der Waals surface area contributed by atoms with Gasteiger partial charge in [0.1, 0.15) is 11.6 Å². The number of carbonyl (C=O) groups is 1. The smallest absolute Gasteiger partial charge is 0.323 e. The molecule has 5 rings (SSSR count). The Labute approximate surface area is 200 Å². The van der Waals surface area contributed by atoms with Gasteiger partial charge in [-0.2, -0.15) is 0 Å². The van der Waals surface area contributed by atoms with Crippen molar-refractivity contribution in [2.24, 2.45) is 0 Å².